The molecule has 1 aromatic carbocycles. The fraction of sp³-hybridized carbons (Fsp3) is 0.556. The van der Waals surface area contributed by atoms with E-state index in [0.29, 0.717) is 0 Å². The second-order valence-electron chi connectivity index (χ2n) is 6.59. The summed E-state index contributed by atoms with van der Waals surface area (Å²) < 4.78 is 2.32. The third-order valence-electron chi connectivity index (χ3n) is 4.94. The van der Waals surface area contributed by atoms with E-state index in [0.717, 1.165) is 41.9 Å². The Morgan fingerprint density at radius 3 is 3.00 bits per heavy atom. The van der Waals surface area contributed by atoms with Gasteiger partial charge in [0.2, 0.25) is 5.91 Å². The third-order valence-corrected chi connectivity index (χ3v) is 4.94. The monoisotopic (exact) mass is 314 g/mol. The molecular weight excluding hydrogens is 288 g/mol. The maximum absolute atomic E-state index is 12.2. The van der Waals surface area contributed by atoms with E-state index in [9.17, 15) is 4.79 Å². The maximum Gasteiger partial charge on any atom is 0.241 e. The van der Waals surface area contributed by atoms with Gasteiger partial charge in [-0.25, -0.2) is 4.98 Å². The number of hydrogen-bond acceptors (Lipinski definition) is 3. The normalized spacial score (nSPS) is 17.3. The molecule has 0 bridgehead atoms. The molecule has 2 unspecified atom stereocenters. The van der Waals surface area contributed by atoms with Gasteiger partial charge in [0.1, 0.15) is 5.82 Å². The number of nitrogens with one attached hydrogen (secondary N) is 1. The molecule has 3 rings (SSSR count). The lowest BCUT2D eigenvalue weighted by Crippen LogP contribution is -2.40. The van der Waals surface area contributed by atoms with Crippen molar-refractivity contribution in [1.82, 2.24) is 9.55 Å². The average Bonchev–Trinajstić information content (AvgIpc) is 2.73. The topological polar surface area (TPSA) is 72.9 Å². The van der Waals surface area contributed by atoms with Gasteiger partial charge in [-0.2, -0.15) is 0 Å². The lowest BCUT2D eigenvalue weighted by Gasteiger charge is -2.17. The van der Waals surface area contributed by atoms with Gasteiger partial charge in [-0.05, 0) is 37.0 Å². The molecule has 5 nitrogen and oxygen atoms in total. The summed E-state index contributed by atoms with van der Waals surface area (Å²) in [6.07, 6.45) is 5.61. The molecule has 2 atom stereocenters. The number of carbonyl (C=O) groups is 1. The second kappa shape index (κ2) is 6.71. The minimum atomic E-state index is -0.477. The molecule has 2 aromatic rings. The van der Waals surface area contributed by atoms with Crippen LogP contribution < -0.4 is 11.1 Å². The molecule has 1 aromatic heterocycles. The zero-order chi connectivity index (χ0) is 16.4. The molecular formula is C18H26N4O. The van der Waals surface area contributed by atoms with Gasteiger partial charge >= 0.3 is 0 Å². The Morgan fingerprint density at radius 2 is 2.22 bits per heavy atom. The van der Waals surface area contributed by atoms with Crippen molar-refractivity contribution in [2.45, 2.75) is 58.5 Å². The Bertz CT molecular complexity index is 706. The van der Waals surface area contributed by atoms with Gasteiger partial charge in [-0.15, -0.1) is 0 Å². The smallest absolute Gasteiger partial charge is 0.241 e. The first-order valence-electron chi connectivity index (χ1n) is 8.65. The highest BCUT2D eigenvalue weighted by atomic mass is 16.2. The number of benzene rings is 1. The summed E-state index contributed by atoms with van der Waals surface area (Å²) in [6.45, 7) is 5.08. The number of nitrogens with two attached hydrogens (primary N) is 1. The van der Waals surface area contributed by atoms with Gasteiger partial charge in [0.15, 0.2) is 0 Å². The quantitative estimate of drug-likeness (QED) is 0.911. The summed E-state index contributed by atoms with van der Waals surface area (Å²) in [4.78, 5) is 17.0. The van der Waals surface area contributed by atoms with Crippen molar-refractivity contribution in [1.29, 1.82) is 0 Å². The Hall–Kier alpha value is -1.88. The number of aryl methyl sites for hydroxylation is 2. The van der Waals surface area contributed by atoms with Crippen molar-refractivity contribution in [3.05, 3.63) is 24.0 Å². The predicted octanol–water partition coefficient (Wildman–Crippen LogP) is 3.07. The summed E-state index contributed by atoms with van der Waals surface area (Å²) >= 11 is 0. The van der Waals surface area contributed by atoms with Crippen LogP contribution in [0, 0.1) is 5.92 Å². The molecule has 0 spiro atoms. The minimum absolute atomic E-state index is 0.125. The van der Waals surface area contributed by atoms with Crippen LogP contribution >= 0.6 is 0 Å². The molecule has 0 aliphatic carbocycles. The Labute approximate surface area is 137 Å². The SMILES string of the molecule is CCC(C)C(N)C(=O)Nc1ccc2c(c1)nc1n2CCCCC1. The van der Waals surface area contributed by atoms with E-state index in [1.54, 1.807) is 0 Å². The third kappa shape index (κ3) is 3.24. The van der Waals surface area contributed by atoms with Gasteiger partial charge < -0.3 is 15.6 Å². The van der Waals surface area contributed by atoms with Crippen LogP contribution in [-0.2, 0) is 17.8 Å². The number of amides is 1. The molecule has 23 heavy (non-hydrogen) atoms. The van der Waals surface area contributed by atoms with Crippen LogP contribution in [-0.4, -0.2) is 21.5 Å². The van der Waals surface area contributed by atoms with E-state index in [1.807, 2.05) is 26.0 Å². The summed E-state index contributed by atoms with van der Waals surface area (Å²) in [6, 6.07) is 5.48. The number of anilines is 1. The van der Waals surface area contributed by atoms with Crippen LogP contribution in [0.1, 0.15) is 45.4 Å². The van der Waals surface area contributed by atoms with Crippen LogP contribution in [0.25, 0.3) is 11.0 Å². The summed E-state index contributed by atoms with van der Waals surface area (Å²) in [7, 11) is 0. The molecule has 0 saturated heterocycles. The van der Waals surface area contributed by atoms with Crippen molar-refractivity contribution >= 4 is 22.6 Å². The van der Waals surface area contributed by atoms with Gasteiger partial charge in [-0.1, -0.05) is 26.7 Å². The second-order valence-corrected chi connectivity index (χ2v) is 6.59. The molecule has 5 heteroatoms. The Morgan fingerprint density at radius 1 is 1.39 bits per heavy atom. The molecule has 1 aliphatic heterocycles. The average molecular weight is 314 g/mol. The first-order chi connectivity index (χ1) is 11.1. The van der Waals surface area contributed by atoms with Crippen molar-refractivity contribution < 1.29 is 4.79 Å². The highest BCUT2D eigenvalue weighted by Gasteiger charge is 2.20. The van der Waals surface area contributed by atoms with E-state index in [1.165, 1.54) is 19.3 Å². The number of carbonyl (C=O) groups excluding carboxylic acids is 1. The lowest BCUT2D eigenvalue weighted by atomic mass is 9.99. The largest absolute Gasteiger partial charge is 0.328 e. The van der Waals surface area contributed by atoms with Crippen LogP contribution in [0.4, 0.5) is 5.69 Å². The highest BCUT2D eigenvalue weighted by Crippen LogP contribution is 2.24. The summed E-state index contributed by atoms with van der Waals surface area (Å²) in [5, 5.41) is 2.93. The van der Waals surface area contributed by atoms with E-state index < -0.39 is 6.04 Å². The fourth-order valence-corrected chi connectivity index (χ4v) is 3.17. The van der Waals surface area contributed by atoms with Crippen molar-refractivity contribution in [2.75, 3.05) is 5.32 Å². The molecule has 124 valence electrons. The molecule has 0 fully saturated rings. The first-order valence-corrected chi connectivity index (χ1v) is 8.65. The van der Waals surface area contributed by atoms with Crippen LogP contribution in [0.15, 0.2) is 18.2 Å². The zero-order valence-electron chi connectivity index (χ0n) is 14.0. The lowest BCUT2D eigenvalue weighted by molar-refractivity contribution is -0.118. The molecule has 0 radical (unpaired) electrons. The molecule has 1 aliphatic rings. The van der Waals surface area contributed by atoms with Crippen LogP contribution in [0.3, 0.4) is 0 Å². The van der Waals surface area contributed by atoms with E-state index in [4.69, 9.17) is 10.7 Å². The summed E-state index contributed by atoms with van der Waals surface area (Å²) in [5.74, 6) is 1.21. The van der Waals surface area contributed by atoms with Crippen molar-refractivity contribution in [2.24, 2.45) is 11.7 Å². The van der Waals surface area contributed by atoms with E-state index in [2.05, 4.69) is 16.0 Å². The number of imidazole rings is 1. The number of aromatic nitrogens is 2. The van der Waals surface area contributed by atoms with Gasteiger partial charge in [0, 0.05) is 18.7 Å². The van der Waals surface area contributed by atoms with Crippen LogP contribution in [0.5, 0.6) is 0 Å². The predicted molar refractivity (Wildman–Crippen MR) is 93.3 cm³/mol. The number of fused-ring (bicyclic) bond motifs is 3. The zero-order valence-corrected chi connectivity index (χ0v) is 14.0. The minimum Gasteiger partial charge on any atom is -0.328 e. The van der Waals surface area contributed by atoms with Crippen LogP contribution in [0.2, 0.25) is 0 Å². The van der Waals surface area contributed by atoms with Crippen molar-refractivity contribution in [3.63, 3.8) is 0 Å². The summed E-state index contributed by atoms with van der Waals surface area (Å²) in [5.41, 5.74) is 8.88. The number of nitrogens with zero attached hydrogens (tertiary/aromatic N) is 2. The maximum atomic E-state index is 12.2. The molecule has 2 heterocycles. The number of hydrogen-bond donors (Lipinski definition) is 2. The van der Waals surface area contributed by atoms with Gasteiger partial charge in [-0.3, -0.25) is 4.79 Å². The Kier molecular flexibility index (Phi) is 4.66. The highest BCUT2D eigenvalue weighted by molar-refractivity contribution is 5.96. The molecule has 1 amide bonds. The first kappa shape index (κ1) is 16.0. The van der Waals surface area contributed by atoms with E-state index in [-0.39, 0.29) is 11.8 Å². The van der Waals surface area contributed by atoms with Crippen molar-refractivity contribution in [3.8, 4) is 0 Å². The standard InChI is InChI=1S/C18H26N4O/c1-3-12(2)17(19)18(23)20-13-8-9-15-14(11-13)21-16-7-5-4-6-10-22(15)16/h8-9,11-12,17H,3-7,10,19H2,1-2H3,(H,20,23). The Balaban J connectivity index is 1.82. The number of rotatable bonds is 4. The van der Waals surface area contributed by atoms with E-state index >= 15 is 0 Å². The molecule has 0 saturated carbocycles. The fourth-order valence-electron chi connectivity index (χ4n) is 3.17. The molecule has 3 N–H and O–H groups in total. The van der Waals surface area contributed by atoms with Gasteiger partial charge in [0.25, 0.3) is 0 Å². The van der Waals surface area contributed by atoms with Gasteiger partial charge in [0.05, 0.1) is 17.1 Å².